The topological polar surface area (TPSA) is 8.17 Å². The Morgan fingerprint density at radius 2 is 0.887 bits per heavy atom. The number of thiophene rings is 2. The van der Waals surface area contributed by atoms with E-state index in [1.807, 2.05) is 22.7 Å². The second kappa shape index (κ2) is 14.0. The molecule has 0 unspecified atom stereocenters. The van der Waals surface area contributed by atoms with Crippen LogP contribution < -0.4 is 4.90 Å². The molecule has 0 bridgehead atoms. The van der Waals surface area contributed by atoms with Gasteiger partial charge in [0, 0.05) is 79.3 Å². The summed E-state index contributed by atoms with van der Waals surface area (Å²) in [5, 5.41) is 10.4. The minimum atomic E-state index is 1.11. The Morgan fingerprint density at radius 1 is 0.306 bits per heavy atom. The first kappa shape index (κ1) is 35.3. The molecule has 2 nitrogen and oxygen atoms in total. The fourth-order valence-electron chi connectivity index (χ4n) is 9.61. The van der Waals surface area contributed by atoms with Gasteiger partial charge in [-0.25, -0.2) is 0 Å². The molecule has 0 N–H and O–H groups in total. The zero-order valence-electron chi connectivity index (χ0n) is 33.5. The molecule has 10 aromatic carbocycles. The number of rotatable bonds is 6. The third kappa shape index (κ3) is 5.61. The van der Waals surface area contributed by atoms with Crippen molar-refractivity contribution in [3.63, 3.8) is 0 Å². The first-order valence-electron chi connectivity index (χ1n) is 21.1. The van der Waals surface area contributed by atoms with Gasteiger partial charge in [-0.3, -0.25) is 0 Å². The Balaban J connectivity index is 0.956. The number of para-hydroxylation sites is 1. The third-order valence-electron chi connectivity index (χ3n) is 12.6. The predicted molar refractivity (Wildman–Crippen MR) is 270 cm³/mol. The highest BCUT2D eigenvalue weighted by Crippen LogP contribution is 2.44. The van der Waals surface area contributed by atoms with E-state index >= 15 is 0 Å². The molecule has 0 fully saturated rings. The van der Waals surface area contributed by atoms with Crippen molar-refractivity contribution in [3.8, 4) is 27.9 Å². The fraction of sp³-hybridized carbons (Fsp3) is 0. The van der Waals surface area contributed by atoms with Crippen molar-refractivity contribution in [2.75, 3.05) is 4.90 Å². The van der Waals surface area contributed by atoms with Crippen LogP contribution in [-0.2, 0) is 0 Å². The molecule has 0 atom stereocenters. The molecule has 3 aromatic heterocycles. The van der Waals surface area contributed by atoms with E-state index < -0.39 is 0 Å². The molecule has 0 aliphatic heterocycles. The highest BCUT2D eigenvalue weighted by molar-refractivity contribution is 7.26. The highest BCUT2D eigenvalue weighted by atomic mass is 32.1. The number of nitrogens with zero attached hydrogens (tertiary/aromatic N) is 2. The van der Waals surface area contributed by atoms with Crippen LogP contribution in [0, 0.1) is 0 Å². The number of hydrogen-bond acceptors (Lipinski definition) is 3. The van der Waals surface area contributed by atoms with Gasteiger partial charge in [0.15, 0.2) is 0 Å². The summed E-state index contributed by atoms with van der Waals surface area (Å²) < 4.78 is 7.73. The van der Waals surface area contributed by atoms with Crippen molar-refractivity contribution in [1.29, 1.82) is 0 Å². The fourth-order valence-corrected chi connectivity index (χ4v) is 12.0. The molecule has 0 radical (unpaired) electrons. The number of hydrogen-bond donors (Lipinski definition) is 0. The van der Waals surface area contributed by atoms with Crippen LogP contribution in [0.25, 0.3) is 101 Å². The summed E-state index contributed by atoms with van der Waals surface area (Å²) in [6.45, 7) is 0. The molecule has 0 aliphatic rings. The molecule has 0 saturated carbocycles. The van der Waals surface area contributed by atoms with Crippen LogP contribution >= 0.6 is 22.7 Å². The first-order valence-corrected chi connectivity index (χ1v) is 22.7. The van der Waals surface area contributed by atoms with Crippen molar-refractivity contribution < 1.29 is 0 Å². The normalized spacial score (nSPS) is 11.9. The lowest BCUT2D eigenvalue weighted by Gasteiger charge is -2.26. The van der Waals surface area contributed by atoms with E-state index in [1.165, 1.54) is 95.2 Å². The molecule has 290 valence electrons. The Labute approximate surface area is 366 Å². The van der Waals surface area contributed by atoms with Gasteiger partial charge >= 0.3 is 0 Å². The zero-order chi connectivity index (χ0) is 40.7. The predicted octanol–water partition coefficient (Wildman–Crippen LogP) is 17.5. The van der Waals surface area contributed by atoms with E-state index in [2.05, 4.69) is 228 Å². The largest absolute Gasteiger partial charge is 0.310 e. The molecule has 0 saturated heterocycles. The highest BCUT2D eigenvalue weighted by Gasteiger charge is 2.19. The Bertz CT molecular complexity index is 3860. The molecule has 3 heterocycles. The Hall–Kier alpha value is -7.50. The summed E-state index contributed by atoms with van der Waals surface area (Å²) in [7, 11) is 0. The molecule has 0 amide bonds. The van der Waals surface area contributed by atoms with Gasteiger partial charge in [0.2, 0.25) is 0 Å². The first-order chi connectivity index (χ1) is 30.7. The van der Waals surface area contributed by atoms with E-state index in [9.17, 15) is 0 Å². The van der Waals surface area contributed by atoms with E-state index in [1.54, 1.807) is 0 Å². The van der Waals surface area contributed by atoms with E-state index in [0.717, 1.165) is 22.7 Å². The van der Waals surface area contributed by atoms with Crippen molar-refractivity contribution in [2.45, 2.75) is 0 Å². The average molecular weight is 825 g/mol. The zero-order valence-corrected chi connectivity index (χ0v) is 35.1. The second-order valence-corrected chi connectivity index (χ2v) is 18.2. The summed E-state index contributed by atoms with van der Waals surface area (Å²) >= 11 is 3.75. The van der Waals surface area contributed by atoms with Crippen molar-refractivity contribution in [3.05, 3.63) is 218 Å². The van der Waals surface area contributed by atoms with E-state index in [0.29, 0.717) is 0 Å². The molecule has 4 heteroatoms. The Kier molecular flexibility index (Phi) is 7.99. The monoisotopic (exact) mass is 824 g/mol. The minimum absolute atomic E-state index is 1.11. The van der Waals surface area contributed by atoms with E-state index in [4.69, 9.17) is 0 Å². The molecule has 13 aromatic rings. The van der Waals surface area contributed by atoms with Crippen LogP contribution in [0.4, 0.5) is 17.1 Å². The lowest BCUT2D eigenvalue weighted by Crippen LogP contribution is -2.09. The number of fused-ring (bicyclic) bond motifs is 11. The maximum atomic E-state index is 2.46. The van der Waals surface area contributed by atoms with Gasteiger partial charge in [-0.2, -0.15) is 0 Å². The smallest absolute Gasteiger partial charge is 0.0547 e. The van der Waals surface area contributed by atoms with Crippen LogP contribution in [0.3, 0.4) is 0 Å². The molecule has 0 aliphatic carbocycles. The van der Waals surface area contributed by atoms with Crippen LogP contribution in [0.1, 0.15) is 0 Å². The van der Waals surface area contributed by atoms with Gasteiger partial charge in [-0.15, -0.1) is 22.7 Å². The van der Waals surface area contributed by atoms with Gasteiger partial charge in [0.05, 0.1) is 11.0 Å². The Morgan fingerprint density at radius 3 is 1.71 bits per heavy atom. The van der Waals surface area contributed by atoms with Crippen LogP contribution in [0.15, 0.2) is 218 Å². The molecule has 62 heavy (non-hydrogen) atoms. The summed E-state index contributed by atoms with van der Waals surface area (Å²) in [6, 6.07) is 80.4. The maximum Gasteiger partial charge on any atom is 0.0547 e. The molecule has 13 rings (SSSR count). The lowest BCUT2D eigenvalue weighted by molar-refractivity contribution is 1.18. The summed E-state index contributed by atoms with van der Waals surface area (Å²) in [5.74, 6) is 0. The van der Waals surface area contributed by atoms with Crippen molar-refractivity contribution in [2.24, 2.45) is 0 Å². The van der Waals surface area contributed by atoms with Crippen LogP contribution in [-0.4, -0.2) is 4.57 Å². The second-order valence-electron chi connectivity index (χ2n) is 16.1. The van der Waals surface area contributed by atoms with Crippen molar-refractivity contribution in [1.82, 2.24) is 4.57 Å². The third-order valence-corrected chi connectivity index (χ3v) is 14.9. The summed E-state index contributed by atoms with van der Waals surface area (Å²) in [4.78, 5) is 2.40. The molecular formula is C58H36N2S2. The van der Waals surface area contributed by atoms with Gasteiger partial charge in [-0.05, 0) is 107 Å². The van der Waals surface area contributed by atoms with Gasteiger partial charge in [0.1, 0.15) is 0 Å². The van der Waals surface area contributed by atoms with Crippen LogP contribution in [0.2, 0.25) is 0 Å². The quantitative estimate of drug-likeness (QED) is 0.162. The number of anilines is 3. The van der Waals surface area contributed by atoms with E-state index in [-0.39, 0.29) is 0 Å². The molecule has 0 spiro atoms. The van der Waals surface area contributed by atoms with Crippen molar-refractivity contribution >= 4 is 113 Å². The minimum Gasteiger partial charge on any atom is -0.310 e. The van der Waals surface area contributed by atoms with Gasteiger partial charge in [-0.1, -0.05) is 140 Å². The summed E-state index contributed by atoms with van der Waals surface area (Å²) in [6.07, 6.45) is 0. The summed E-state index contributed by atoms with van der Waals surface area (Å²) in [5.41, 5.74) is 11.7. The van der Waals surface area contributed by atoms with Gasteiger partial charge < -0.3 is 9.47 Å². The molecular weight excluding hydrogens is 789 g/mol. The standard InChI is InChI=1S/C58H36N2S2/c1-3-12-37(13-4-1)39-14-11-17-44(32-39)59(45-28-31-49-47-18-7-9-20-55(47)61-57(49)35-45)43-26-22-38(23-27-43)40-24-29-46-52-33-41-25-30-50-48-19-8-10-21-56(48)62-58(50)51(41)36-54(52)60(53(46)34-40)42-15-5-2-6-16-42/h1-36H. The van der Waals surface area contributed by atoms with Crippen LogP contribution in [0.5, 0.6) is 0 Å². The number of benzene rings is 10. The average Bonchev–Trinajstić information content (AvgIpc) is 4.01. The van der Waals surface area contributed by atoms with Gasteiger partial charge in [0.25, 0.3) is 0 Å². The maximum absolute atomic E-state index is 2.46. The lowest BCUT2D eigenvalue weighted by atomic mass is 10.0. The number of aromatic nitrogens is 1. The SMILES string of the molecule is c1ccc(-c2cccc(N(c3ccc(-c4ccc5c6cc7ccc8c9ccccc9sc8c7cc6n(-c6ccccc6)c5c4)cc3)c3ccc4c(c3)sc3ccccc34)c2)cc1.